The van der Waals surface area contributed by atoms with Crippen LogP contribution in [0.1, 0.15) is 33.6 Å². The van der Waals surface area contributed by atoms with Crippen LogP contribution in [0.4, 0.5) is 0 Å². The van der Waals surface area contributed by atoms with Crippen LogP contribution in [0.3, 0.4) is 0 Å². The zero-order valence-corrected chi connectivity index (χ0v) is 10.9. The summed E-state index contributed by atoms with van der Waals surface area (Å²) in [4.78, 5) is 12.2. The Kier molecular flexibility index (Phi) is 4.33. The van der Waals surface area contributed by atoms with Gasteiger partial charge in [-0.05, 0) is 40.2 Å². The number of piperidine rings is 1. The molecule has 0 bridgehead atoms. The third kappa shape index (κ3) is 3.46. The fraction of sp³-hybridized carbons (Fsp3) is 0.917. The monoisotopic (exact) mass is 228 g/mol. The molecular weight excluding hydrogens is 204 g/mol. The number of methoxy groups -OCH3 is 1. The minimum absolute atomic E-state index is 0.127. The van der Waals surface area contributed by atoms with Gasteiger partial charge in [0.15, 0.2) is 0 Å². The summed E-state index contributed by atoms with van der Waals surface area (Å²) < 4.78 is 5.10. The maximum Gasteiger partial charge on any atom is 0.227 e. The molecule has 0 aromatic rings. The molecule has 1 saturated heterocycles. The van der Waals surface area contributed by atoms with Crippen molar-refractivity contribution in [1.29, 1.82) is 0 Å². The normalized spacial score (nSPS) is 26.5. The van der Waals surface area contributed by atoms with E-state index in [4.69, 9.17) is 4.74 Å². The van der Waals surface area contributed by atoms with Gasteiger partial charge in [-0.3, -0.25) is 4.79 Å². The number of amides is 1. The minimum atomic E-state index is -0.299. The number of rotatable bonds is 4. The summed E-state index contributed by atoms with van der Waals surface area (Å²) in [6.45, 7) is 8.30. The summed E-state index contributed by atoms with van der Waals surface area (Å²) in [5.41, 5.74) is -0.574. The van der Waals surface area contributed by atoms with Crippen molar-refractivity contribution in [2.24, 2.45) is 5.41 Å². The Morgan fingerprint density at radius 2 is 2.25 bits per heavy atom. The highest BCUT2D eigenvalue weighted by atomic mass is 16.5. The molecule has 1 rings (SSSR count). The average molecular weight is 228 g/mol. The van der Waals surface area contributed by atoms with Gasteiger partial charge in [0.25, 0.3) is 0 Å². The summed E-state index contributed by atoms with van der Waals surface area (Å²) in [7, 11) is 1.65. The molecule has 1 amide bonds. The molecule has 1 fully saturated rings. The zero-order valence-electron chi connectivity index (χ0n) is 10.9. The van der Waals surface area contributed by atoms with Crippen LogP contribution in [-0.2, 0) is 9.53 Å². The van der Waals surface area contributed by atoms with Crippen LogP contribution in [0.5, 0.6) is 0 Å². The Morgan fingerprint density at radius 3 is 2.75 bits per heavy atom. The Morgan fingerprint density at radius 1 is 1.56 bits per heavy atom. The summed E-state index contributed by atoms with van der Waals surface area (Å²) in [5.74, 6) is 0.127. The lowest BCUT2D eigenvalue weighted by Crippen LogP contribution is -2.55. The molecule has 0 aliphatic carbocycles. The van der Waals surface area contributed by atoms with Crippen LogP contribution in [-0.4, -0.2) is 38.3 Å². The van der Waals surface area contributed by atoms with E-state index in [0.717, 1.165) is 25.9 Å². The second kappa shape index (κ2) is 5.15. The molecule has 2 N–H and O–H groups in total. The maximum atomic E-state index is 12.2. The molecule has 16 heavy (non-hydrogen) atoms. The number of carbonyl (C=O) groups excluding carboxylic acids is 1. The lowest BCUT2D eigenvalue weighted by atomic mass is 9.81. The van der Waals surface area contributed by atoms with E-state index in [1.807, 2.05) is 20.8 Å². The SMILES string of the molecule is COCC(C)(C)NC(=O)C1(C)CCCNC1. The largest absolute Gasteiger partial charge is 0.382 e. The first-order chi connectivity index (χ1) is 7.40. The molecule has 1 aliphatic rings. The van der Waals surface area contributed by atoms with Gasteiger partial charge in [0.05, 0.1) is 17.6 Å². The van der Waals surface area contributed by atoms with Gasteiger partial charge >= 0.3 is 0 Å². The van der Waals surface area contributed by atoms with Crippen LogP contribution >= 0.6 is 0 Å². The molecule has 0 spiro atoms. The smallest absolute Gasteiger partial charge is 0.227 e. The Labute approximate surface area is 98.1 Å². The third-order valence-electron chi connectivity index (χ3n) is 3.10. The van der Waals surface area contributed by atoms with Crippen molar-refractivity contribution in [3.05, 3.63) is 0 Å². The van der Waals surface area contributed by atoms with E-state index in [1.54, 1.807) is 7.11 Å². The van der Waals surface area contributed by atoms with Crippen LogP contribution in [0.25, 0.3) is 0 Å². The first-order valence-corrected chi connectivity index (χ1v) is 5.92. The predicted octanol–water partition coefficient (Wildman–Crippen LogP) is 0.917. The predicted molar refractivity (Wildman–Crippen MR) is 64.3 cm³/mol. The van der Waals surface area contributed by atoms with Crippen LogP contribution in [0.15, 0.2) is 0 Å². The summed E-state index contributed by atoms with van der Waals surface area (Å²) in [6, 6.07) is 0. The molecule has 0 aromatic heterocycles. The van der Waals surface area contributed by atoms with E-state index in [1.165, 1.54) is 0 Å². The van der Waals surface area contributed by atoms with Crippen LogP contribution < -0.4 is 10.6 Å². The molecule has 4 nitrogen and oxygen atoms in total. The maximum absolute atomic E-state index is 12.2. The highest BCUT2D eigenvalue weighted by Crippen LogP contribution is 2.26. The molecule has 1 heterocycles. The number of ether oxygens (including phenoxy) is 1. The van der Waals surface area contributed by atoms with Crippen molar-refractivity contribution >= 4 is 5.91 Å². The molecule has 94 valence electrons. The van der Waals surface area contributed by atoms with Gasteiger partial charge in [-0.15, -0.1) is 0 Å². The highest BCUT2D eigenvalue weighted by molar-refractivity contribution is 5.83. The van der Waals surface area contributed by atoms with Gasteiger partial charge in [-0.25, -0.2) is 0 Å². The molecule has 0 saturated carbocycles. The Bertz CT molecular complexity index is 245. The van der Waals surface area contributed by atoms with Gasteiger partial charge < -0.3 is 15.4 Å². The molecule has 1 atom stereocenters. The first-order valence-electron chi connectivity index (χ1n) is 5.92. The van der Waals surface area contributed by atoms with Crippen LogP contribution in [0.2, 0.25) is 0 Å². The fourth-order valence-electron chi connectivity index (χ4n) is 2.11. The highest BCUT2D eigenvalue weighted by Gasteiger charge is 2.37. The van der Waals surface area contributed by atoms with Crippen molar-refractivity contribution < 1.29 is 9.53 Å². The number of hydrogen-bond acceptors (Lipinski definition) is 3. The standard InChI is InChI=1S/C12H24N2O2/c1-11(2,9-16-4)14-10(15)12(3)6-5-7-13-8-12/h13H,5-9H2,1-4H3,(H,14,15). The fourth-order valence-corrected chi connectivity index (χ4v) is 2.11. The average Bonchev–Trinajstić information content (AvgIpc) is 2.17. The van der Waals surface area contributed by atoms with E-state index in [9.17, 15) is 4.79 Å². The Hall–Kier alpha value is -0.610. The van der Waals surface area contributed by atoms with Gasteiger partial charge in [0.1, 0.15) is 0 Å². The molecule has 1 unspecified atom stereocenters. The number of hydrogen-bond donors (Lipinski definition) is 2. The molecule has 0 radical (unpaired) electrons. The molecule has 4 heteroatoms. The van der Waals surface area contributed by atoms with E-state index >= 15 is 0 Å². The second-order valence-electron chi connectivity index (χ2n) is 5.61. The minimum Gasteiger partial charge on any atom is -0.382 e. The molecule has 1 aliphatic heterocycles. The van der Waals surface area contributed by atoms with Gasteiger partial charge in [0, 0.05) is 13.7 Å². The van der Waals surface area contributed by atoms with E-state index in [2.05, 4.69) is 10.6 Å². The van der Waals surface area contributed by atoms with Crippen molar-refractivity contribution in [2.45, 2.75) is 39.2 Å². The van der Waals surface area contributed by atoms with Crippen molar-refractivity contribution in [3.63, 3.8) is 0 Å². The summed E-state index contributed by atoms with van der Waals surface area (Å²) in [6.07, 6.45) is 2.02. The van der Waals surface area contributed by atoms with Gasteiger partial charge in [-0.1, -0.05) is 0 Å². The lowest BCUT2D eigenvalue weighted by molar-refractivity contribution is -0.133. The topological polar surface area (TPSA) is 50.4 Å². The van der Waals surface area contributed by atoms with Crippen molar-refractivity contribution in [1.82, 2.24) is 10.6 Å². The molecular formula is C12H24N2O2. The van der Waals surface area contributed by atoms with Crippen molar-refractivity contribution in [3.8, 4) is 0 Å². The number of carbonyl (C=O) groups is 1. The van der Waals surface area contributed by atoms with E-state index in [0.29, 0.717) is 6.61 Å². The lowest BCUT2D eigenvalue weighted by Gasteiger charge is -2.36. The third-order valence-corrected chi connectivity index (χ3v) is 3.10. The van der Waals surface area contributed by atoms with Gasteiger partial charge in [-0.2, -0.15) is 0 Å². The van der Waals surface area contributed by atoms with Gasteiger partial charge in [0.2, 0.25) is 5.91 Å². The van der Waals surface area contributed by atoms with E-state index < -0.39 is 0 Å². The van der Waals surface area contributed by atoms with Crippen LogP contribution in [0, 0.1) is 5.41 Å². The zero-order chi connectivity index (χ0) is 12.2. The van der Waals surface area contributed by atoms with E-state index in [-0.39, 0.29) is 16.9 Å². The first kappa shape index (κ1) is 13.5. The van der Waals surface area contributed by atoms with Crippen molar-refractivity contribution in [2.75, 3.05) is 26.8 Å². The Balaban J connectivity index is 2.56. The quantitative estimate of drug-likeness (QED) is 0.752. The summed E-state index contributed by atoms with van der Waals surface area (Å²) in [5, 5.41) is 6.35. The number of nitrogens with one attached hydrogen (secondary N) is 2. The second-order valence-corrected chi connectivity index (χ2v) is 5.61. The molecule has 0 aromatic carbocycles. The summed E-state index contributed by atoms with van der Waals surface area (Å²) >= 11 is 0.